The van der Waals surface area contributed by atoms with Crippen molar-refractivity contribution in [2.24, 2.45) is 4.99 Å². The van der Waals surface area contributed by atoms with Gasteiger partial charge in [0.05, 0.1) is 11.4 Å². The number of hydrogen-bond acceptors (Lipinski definition) is 5. The van der Waals surface area contributed by atoms with Gasteiger partial charge in [0.2, 0.25) is 0 Å². The van der Waals surface area contributed by atoms with Gasteiger partial charge in [0, 0.05) is 38.6 Å². The number of ether oxygens (including phenoxy) is 2. The van der Waals surface area contributed by atoms with Gasteiger partial charge >= 0.3 is 0 Å². The van der Waals surface area contributed by atoms with Crippen molar-refractivity contribution in [2.75, 3.05) is 39.7 Å². The largest absolute Gasteiger partial charge is 0.491 e. The van der Waals surface area contributed by atoms with E-state index in [9.17, 15) is 8.42 Å². The number of halogens is 1. The highest BCUT2D eigenvalue weighted by Crippen LogP contribution is 2.20. The first kappa shape index (κ1) is 26.9. The standard InChI is InChI=1S/C19H33N3O4S.HI/c1-7-25-10-11-26-17-12-15(2)8-9-16(17)13-21-18(20-5)22-14-19(3,4)27(6,23)24;/h8-9,12H,7,10-11,13-14H2,1-6H3,(H2,20,21,22);1H. The van der Waals surface area contributed by atoms with Gasteiger partial charge in [-0.05, 0) is 39.3 Å². The van der Waals surface area contributed by atoms with Crippen molar-refractivity contribution < 1.29 is 17.9 Å². The topological polar surface area (TPSA) is 89.0 Å². The van der Waals surface area contributed by atoms with Crippen LogP contribution < -0.4 is 15.4 Å². The molecule has 1 rings (SSSR count). The van der Waals surface area contributed by atoms with Gasteiger partial charge in [0.15, 0.2) is 15.8 Å². The van der Waals surface area contributed by atoms with Crippen molar-refractivity contribution in [3.05, 3.63) is 29.3 Å². The fourth-order valence-electron chi connectivity index (χ4n) is 2.12. The van der Waals surface area contributed by atoms with Crippen LogP contribution in [-0.2, 0) is 21.1 Å². The van der Waals surface area contributed by atoms with Gasteiger partial charge in [0.1, 0.15) is 12.4 Å². The number of guanidine groups is 1. The lowest BCUT2D eigenvalue weighted by Gasteiger charge is -2.24. The van der Waals surface area contributed by atoms with Crippen LogP contribution in [0.4, 0.5) is 0 Å². The van der Waals surface area contributed by atoms with Crippen LogP contribution >= 0.6 is 24.0 Å². The van der Waals surface area contributed by atoms with E-state index in [0.29, 0.717) is 32.3 Å². The average Bonchev–Trinajstić information content (AvgIpc) is 2.59. The monoisotopic (exact) mass is 527 g/mol. The summed E-state index contributed by atoms with van der Waals surface area (Å²) in [4.78, 5) is 4.16. The van der Waals surface area contributed by atoms with E-state index in [2.05, 4.69) is 15.6 Å². The number of sulfone groups is 1. The van der Waals surface area contributed by atoms with Gasteiger partial charge in [0.25, 0.3) is 0 Å². The fraction of sp³-hybridized carbons (Fsp3) is 0.632. The molecule has 0 spiro atoms. The third-order valence-corrected chi connectivity index (χ3v) is 6.42. The van der Waals surface area contributed by atoms with Crippen LogP contribution in [0.3, 0.4) is 0 Å². The van der Waals surface area contributed by atoms with Crippen molar-refractivity contribution in [1.82, 2.24) is 10.6 Å². The molecule has 0 atom stereocenters. The van der Waals surface area contributed by atoms with Crippen molar-refractivity contribution in [1.29, 1.82) is 0 Å². The van der Waals surface area contributed by atoms with E-state index in [1.54, 1.807) is 20.9 Å². The lowest BCUT2D eigenvalue weighted by atomic mass is 10.1. The molecule has 0 saturated carbocycles. The summed E-state index contributed by atoms with van der Waals surface area (Å²) in [6.45, 7) is 9.80. The molecule has 1 aromatic rings. The molecule has 0 fully saturated rings. The molecule has 0 bridgehead atoms. The van der Waals surface area contributed by atoms with Gasteiger partial charge in [-0.3, -0.25) is 4.99 Å². The minimum absolute atomic E-state index is 0. The molecule has 0 amide bonds. The molecule has 162 valence electrons. The van der Waals surface area contributed by atoms with E-state index in [4.69, 9.17) is 9.47 Å². The van der Waals surface area contributed by atoms with E-state index < -0.39 is 14.6 Å². The SMILES string of the molecule is CCOCCOc1cc(C)ccc1CNC(=NC)NCC(C)(C)S(C)(=O)=O.I. The van der Waals surface area contributed by atoms with Crippen LogP contribution in [0, 0.1) is 6.92 Å². The van der Waals surface area contributed by atoms with Crippen LogP contribution in [0.2, 0.25) is 0 Å². The molecule has 28 heavy (non-hydrogen) atoms. The summed E-state index contributed by atoms with van der Waals surface area (Å²) in [7, 11) is -1.53. The Kier molecular flexibility index (Phi) is 12.0. The molecular formula is C19H34IN3O4S. The van der Waals surface area contributed by atoms with E-state index in [0.717, 1.165) is 16.9 Å². The summed E-state index contributed by atoms with van der Waals surface area (Å²) in [5, 5.41) is 6.28. The lowest BCUT2D eigenvalue weighted by Crippen LogP contribution is -2.47. The predicted molar refractivity (Wildman–Crippen MR) is 126 cm³/mol. The number of benzene rings is 1. The number of hydrogen-bond donors (Lipinski definition) is 2. The third-order valence-electron chi connectivity index (χ3n) is 4.27. The van der Waals surface area contributed by atoms with Crippen LogP contribution in [0.1, 0.15) is 31.9 Å². The Labute approximate surface area is 186 Å². The molecule has 0 aliphatic carbocycles. The summed E-state index contributed by atoms with van der Waals surface area (Å²) in [6, 6.07) is 6.02. The van der Waals surface area contributed by atoms with Gasteiger partial charge in [-0.2, -0.15) is 0 Å². The summed E-state index contributed by atoms with van der Waals surface area (Å²) in [5.74, 6) is 1.33. The lowest BCUT2D eigenvalue weighted by molar-refractivity contribution is 0.110. The van der Waals surface area contributed by atoms with Crippen molar-refractivity contribution in [3.8, 4) is 5.75 Å². The van der Waals surface area contributed by atoms with Gasteiger partial charge in [-0.25, -0.2) is 8.42 Å². The quantitative estimate of drug-likeness (QED) is 0.211. The maximum absolute atomic E-state index is 11.8. The zero-order valence-corrected chi connectivity index (χ0v) is 20.8. The molecule has 0 aromatic heterocycles. The Bertz CT molecular complexity index is 737. The second-order valence-corrected chi connectivity index (χ2v) is 9.62. The van der Waals surface area contributed by atoms with Crippen LogP contribution in [0.15, 0.2) is 23.2 Å². The van der Waals surface area contributed by atoms with E-state index >= 15 is 0 Å². The minimum atomic E-state index is -3.18. The maximum Gasteiger partial charge on any atom is 0.191 e. The van der Waals surface area contributed by atoms with Gasteiger partial charge in [-0.1, -0.05) is 12.1 Å². The summed E-state index contributed by atoms with van der Waals surface area (Å²) in [6.07, 6.45) is 1.24. The first-order valence-corrected chi connectivity index (χ1v) is 10.9. The Morgan fingerprint density at radius 2 is 1.89 bits per heavy atom. The third kappa shape index (κ3) is 8.95. The number of rotatable bonds is 10. The molecule has 0 aliphatic rings. The zero-order valence-electron chi connectivity index (χ0n) is 17.7. The van der Waals surface area contributed by atoms with E-state index in [1.165, 1.54) is 6.26 Å². The second-order valence-electron chi connectivity index (χ2n) is 6.97. The molecule has 2 N–H and O–H groups in total. The Morgan fingerprint density at radius 3 is 2.46 bits per heavy atom. The van der Waals surface area contributed by atoms with Crippen LogP contribution in [0.5, 0.6) is 5.75 Å². The second kappa shape index (κ2) is 12.5. The number of nitrogens with zero attached hydrogens (tertiary/aromatic N) is 1. The zero-order chi connectivity index (χ0) is 20.5. The molecule has 0 unspecified atom stereocenters. The molecule has 0 aliphatic heterocycles. The first-order valence-electron chi connectivity index (χ1n) is 9.05. The van der Waals surface area contributed by atoms with Crippen molar-refractivity contribution in [2.45, 2.75) is 39.0 Å². The molecule has 0 saturated heterocycles. The highest BCUT2D eigenvalue weighted by molar-refractivity contribution is 14.0. The van der Waals surface area contributed by atoms with Crippen molar-refractivity contribution in [3.63, 3.8) is 0 Å². The van der Waals surface area contributed by atoms with Crippen LogP contribution in [0.25, 0.3) is 0 Å². The molecule has 9 heteroatoms. The molecule has 0 heterocycles. The highest BCUT2D eigenvalue weighted by Gasteiger charge is 2.30. The number of aryl methyl sites for hydroxylation is 1. The molecule has 7 nitrogen and oxygen atoms in total. The smallest absolute Gasteiger partial charge is 0.191 e. The highest BCUT2D eigenvalue weighted by atomic mass is 127. The van der Waals surface area contributed by atoms with E-state index in [1.807, 2.05) is 32.0 Å². The molecular weight excluding hydrogens is 493 g/mol. The van der Waals surface area contributed by atoms with Gasteiger partial charge < -0.3 is 20.1 Å². The minimum Gasteiger partial charge on any atom is -0.491 e. The summed E-state index contributed by atoms with van der Waals surface area (Å²) in [5.41, 5.74) is 2.10. The average molecular weight is 527 g/mol. The maximum atomic E-state index is 11.8. The number of aliphatic imine (C=N–C) groups is 1. The summed E-state index contributed by atoms with van der Waals surface area (Å²) >= 11 is 0. The Morgan fingerprint density at radius 1 is 1.21 bits per heavy atom. The normalized spacial score (nSPS) is 12.3. The van der Waals surface area contributed by atoms with Crippen molar-refractivity contribution >= 4 is 39.8 Å². The molecule has 1 aromatic carbocycles. The Balaban J connectivity index is 0.00000729. The summed E-state index contributed by atoms with van der Waals surface area (Å²) < 4.78 is 33.9. The molecule has 0 radical (unpaired) electrons. The fourth-order valence-corrected chi connectivity index (χ4v) is 2.46. The number of nitrogens with one attached hydrogen (secondary N) is 2. The van der Waals surface area contributed by atoms with Crippen LogP contribution in [-0.4, -0.2) is 58.8 Å². The Hall–Kier alpha value is -1.07. The van der Waals surface area contributed by atoms with Gasteiger partial charge in [-0.15, -0.1) is 24.0 Å². The first-order chi connectivity index (χ1) is 12.6. The van der Waals surface area contributed by atoms with E-state index in [-0.39, 0.29) is 30.5 Å². The predicted octanol–water partition coefficient (Wildman–Crippen LogP) is 2.52.